The third-order valence-corrected chi connectivity index (χ3v) is 5.04. The molecule has 0 saturated heterocycles. The summed E-state index contributed by atoms with van der Waals surface area (Å²) in [5.74, 6) is 0.797. The van der Waals surface area contributed by atoms with Crippen molar-refractivity contribution in [2.24, 2.45) is 4.99 Å². The number of ether oxygens (including phenoxy) is 1. The highest BCUT2D eigenvalue weighted by atomic mass is 127. The van der Waals surface area contributed by atoms with Crippen LogP contribution >= 0.6 is 24.0 Å². The molecule has 0 atom stereocenters. The van der Waals surface area contributed by atoms with Crippen LogP contribution in [0.3, 0.4) is 0 Å². The lowest BCUT2D eigenvalue weighted by atomic mass is 10.1. The molecule has 0 spiro atoms. The standard InChI is InChI=1S/C21H32N6O.HI/c1-22-21(24-11-12-28-20-9-4-2-3-5-10-20)25-14-18-7-6-8-19(13-18)15-27-17-23-16-26-27;/h6-8,13,16-17,20H,2-5,9-12,14-15H2,1H3,(H2,22,24,25);1H. The molecule has 2 N–H and O–H groups in total. The quantitative estimate of drug-likeness (QED) is 0.187. The molecule has 7 nitrogen and oxygen atoms in total. The molecular formula is C21H33IN6O. The third-order valence-electron chi connectivity index (χ3n) is 5.04. The van der Waals surface area contributed by atoms with Crippen molar-refractivity contribution in [3.8, 4) is 0 Å². The van der Waals surface area contributed by atoms with Crippen molar-refractivity contribution >= 4 is 29.9 Å². The topological polar surface area (TPSA) is 76.4 Å². The summed E-state index contributed by atoms with van der Waals surface area (Å²) >= 11 is 0. The van der Waals surface area contributed by atoms with Gasteiger partial charge in [-0.15, -0.1) is 24.0 Å². The summed E-state index contributed by atoms with van der Waals surface area (Å²) in [6, 6.07) is 8.46. The van der Waals surface area contributed by atoms with Crippen LogP contribution in [0.25, 0.3) is 0 Å². The molecule has 0 radical (unpaired) electrons. The van der Waals surface area contributed by atoms with Crippen LogP contribution in [0.2, 0.25) is 0 Å². The molecule has 160 valence electrons. The molecule has 8 heteroatoms. The highest BCUT2D eigenvalue weighted by molar-refractivity contribution is 14.0. The first-order chi connectivity index (χ1) is 13.8. The van der Waals surface area contributed by atoms with Crippen molar-refractivity contribution in [3.05, 3.63) is 48.0 Å². The van der Waals surface area contributed by atoms with Crippen molar-refractivity contribution < 1.29 is 4.74 Å². The molecule has 1 aromatic heterocycles. The maximum Gasteiger partial charge on any atom is 0.191 e. The van der Waals surface area contributed by atoms with Gasteiger partial charge in [0.2, 0.25) is 0 Å². The van der Waals surface area contributed by atoms with E-state index in [0.29, 0.717) is 12.6 Å². The van der Waals surface area contributed by atoms with Gasteiger partial charge in [-0.1, -0.05) is 49.9 Å². The van der Waals surface area contributed by atoms with E-state index in [1.54, 1.807) is 19.7 Å². The largest absolute Gasteiger partial charge is 0.376 e. The zero-order valence-corrected chi connectivity index (χ0v) is 19.5. The number of guanidine groups is 1. The Morgan fingerprint density at radius 2 is 1.97 bits per heavy atom. The van der Waals surface area contributed by atoms with E-state index >= 15 is 0 Å². The van der Waals surface area contributed by atoms with E-state index < -0.39 is 0 Å². The molecule has 2 aromatic rings. The van der Waals surface area contributed by atoms with Crippen molar-refractivity contribution in [1.82, 2.24) is 25.4 Å². The second-order valence-electron chi connectivity index (χ2n) is 7.25. The smallest absolute Gasteiger partial charge is 0.191 e. The van der Waals surface area contributed by atoms with E-state index in [1.165, 1.54) is 49.7 Å². The van der Waals surface area contributed by atoms with Gasteiger partial charge < -0.3 is 15.4 Å². The van der Waals surface area contributed by atoms with Crippen molar-refractivity contribution in [2.75, 3.05) is 20.2 Å². The van der Waals surface area contributed by atoms with Crippen molar-refractivity contribution in [3.63, 3.8) is 0 Å². The molecule has 1 aliphatic rings. The Kier molecular flexibility index (Phi) is 11.0. The molecule has 0 bridgehead atoms. The van der Waals surface area contributed by atoms with Crippen LogP contribution in [-0.4, -0.2) is 47.0 Å². The molecule has 0 amide bonds. The van der Waals surface area contributed by atoms with E-state index in [4.69, 9.17) is 4.74 Å². The van der Waals surface area contributed by atoms with Gasteiger partial charge in [0.15, 0.2) is 5.96 Å². The lowest BCUT2D eigenvalue weighted by molar-refractivity contribution is 0.0468. The van der Waals surface area contributed by atoms with E-state index in [1.807, 2.05) is 4.68 Å². The first-order valence-corrected chi connectivity index (χ1v) is 10.3. The SMILES string of the molecule is CN=C(NCCOC1CCCCCC1)NCc1cccc(Cn2cncn2)c1.I. The summed E-state index contributed by atoms with van der Waals surface area (Å²) in [5.41, 5.74) is 2.40. The maximum atomic E-state index is 6.03. The molecule has 3 rings (SSSR count). The lowest BCUT2D eigenvalue weighted by Gasteiger charge is -2.17. The van der Waals surface area contributed by atoms with Crippen LogP contribution in [0.4, 0.5) is 0 Å². The normalized spacial score (nSPS) is 15.4. The number of halogens is 1. The van der Waals surface area contributed by atoms with Gasteiger partial charge >= 0.3 is 0 Å². The predicted molar refractivity (Wildman–Crippen MR) is 127 cm³/mol. The third kappa shape index (κ3) is 8.69. The molecule has 1 heterocycles. The number of hydrogen-bond acceptors (Lipinski definition) is 4. The Labute approximate surface area is 190 Å². The minimum atomic E-state index is 0. The van der Waals surface area contributed by atoms with E-state index in [9.17, 15) is 0 Å². The maximum absolute atomic E-state index is 6.03. The summed E-state index contributed by atoms with van der Waals surface area (Å²) in [6.07, 6.45) is 11.5. The van der Waals surface area contributed by atoms with Crippen LogP contribution in [0.5, 0.6) is 0 Å². The molecule has 1 aromatic carbocycles. The second kappa shape index (κ2) is 13.5. The fourth-order valence-corrected chi connectivity index (χ4v) is 3.55. The average Bonchev–Trinajstić information content (AvgIpc) is 3.08. The summed E-state index contributed by atoms with van der Waals surface area (Å²) in [4.78, 5) is 8.29. The number of aliphatic imine (C=N–C) groups is 1. The molecule has 1 saturated carbocycles. The summed E-state index contributed by atoms with van der Waals surface area (Å²) in [5, 5.41) is 10.9. The Balaban J connectivity index is 0.00000300. The lowest BCUT2D eigenvalue weighted by Crippen LogP contribution is -2.38. The number of hydrogen-bond donors (Lipinski definition) is 2. The van der Waals surface area contributed by atoms with Gasteiger partial charge in [0.25, 0.3) is 0 Å². The number of benzene rings is 1. The fourth-order valence-electron chi connectivity index (χ4n) is 3.55. The molecule has 1 aliphatic carbocycles. The minimum absolute atomic E-state index is 0. The zero-order valence-electron chi connectivity index (χ0n) is 17.2. The second-order valence-corrected chi connectivity index (χ2v) is 7.25. The Morgan fingerprint density at radius 1 is 1.17 bits per heavy atom. The minimum Gasteiger partial charge on any atom is -0.376 e. The first kappa shape index (κ1) is 23.6. The molecule has 0 unspecified atom stereocenters. The van der Waals surface area contributed by atoms with Crippen LogP contribution in [-0.2, 0) is 17.8 Å². The van der Waals surface area contributed by atoms with Crippen LogP contribution in [0, 0.1) is 0 Å². The molecular weight excluding hydrogens is 479 g/mol. The van der Waals surface area contributed by atoms with Crippen molar-refractivity contribution in [2.45, 2.75) is 57.7 Å². The van der Waals surface area contributed by atoms with Gasteiger partial charge in [-0.25, -0.2) is 9.67 Å². The highest BCUT2D eigenvalue weighted by Crippen LogP contribution is 2.19. The average molecular weight is 512 g/mol. The van der Waals surface area contributed by atoms with E-state index in [0.717, 1.165) is 25.7 Å². The summed E-state index contributed by atoms with van der Waals surface area (Å²) < 4.78 is 7.85. The molecule has 0 aliphatic heterocycles. The van der Waals surface area contributed by atoms with Crippen LogP contribution < -0.4 is 10.6 Å². The predicted octanol–water partition coefficient (Wildman–Crippen LogP) is 3.35. The van der Waals surface area contributed by atoms with Gasteiger partial charge in [0.1, 0.15) is 12.7 Å². The summed E-state index contributed by atoms with van der Waals surface area (Å²) in [7, 11) is 1.79. The first-order valence-electron chi connectivity index (χ1n) is 10.3. The highest BCUT2D eigenvalue weighted by Gasteiger charge is 2.12. The van der Waals surface area contributed by atoms with E-state index in [-0.39, 0.29) is 24.0 Å². The monoisotopic (exact) mass is 512 g/mol. The van der Waals surface area contributed by atoms with Gasteiger partial charge in [0, 0.05) is 20.1 Å². The summed E-state index contributed by atoms with van der Waals surface area (Å²) in [6.45, 7) is 2.93. The molecule has 29 heavy (non-hydrogen) atoms. The Bertz CT molecular complexity index is 714. The Morgan fingerprint density at radius 3 is 2.69 bits per heavy atom. The number of aromatic nitrogens is 3. The number of nitrogens with zero attached hydrogens (tertiary/aromatic N) is 4. The van der Waals surface area contributed by atoms with Crippen LogP contribution in [0.15, 0.2) is 41.9 Å². The number of nitrogens with one attached hydrogen (secondary N) is 2. The van der Waals surface area contributed by atoms with Gasteiger partial charge in [-0.2, -0.15) is 5.10 Å². The van der Waals surface area contributed by atoms with Crippen molar-refractivity contribution in [1.29, 1.82) is 0 Å². The van der Waals surface area contributed by atoms with Gasteiger partial charge in [-0.05, 0) is 24.0 Å². The van der Waals surface area contributed by atoms with Gasteiger partial charge in [0.05, 0.1) is 19.3 Å². The number of rotatable bonds is 8. The van der Waals surface area contributed by atoms with Gasteiger partial charge in [-0.3, -0.25) is 4.99 Å². The fraction of sp³-hybridized carbons (Fsp3) is 0.571. The van der Waals surface area contributed by atoms with E-state index in [2.05, 4.69) is 50.0 Å². The zero-order chi connectivity index (χ0) is 19.4. The van der Waals surface area contributed by atoms with Crippen LogP contribution in [0.1, 0.15) is 49.7 Å². The molecule has 1 fully saturated rings. The Hall–Kier alpha value is -1.68.